The average molecular weight is 897 g/mol. The number of allylic oxidation sites excluding steroid dienone is 2. The number of hydrogen-bond acceptors (Lipinski definition) is 10. The van der Waals surface area contributed by atoms with Crippen LogP contribution in [0.3, 0.4) is 0 Å². The van der Waals surface area contributed by atoms with Gasteiger partial charge in [-0.25, -0.2) is 0 Å². The molecule has 372 valence electrons. The van der Waals surface area contributed by atoms with Gasteiger partial charge in [0.2, 0.25) is 0 Å². The van der Waals surface area contributed by atoms with Crippen molar-refractivity contribution in [1.29, 1.82) is 0 Å². The molecule has 0 aromatic heterocycles. The van der Waals surface area contributed by atoms with Crippen LogP contribution in [0.25, 0.3) is 0 Å². The van der Waals surface area contributed by atoms with E-state index in [1.54, 1.807) is 0 Å². The summed E-state index contributed by atoms with van der Waals surface area (Å²) in [5.41, 5.74) is 0. The van der Waals surface area contributed by atoms with E-state index >= 15 is 0 Å². The standard InChI is InChI=1S/C53H100O10/c1-3-5-7-9-11-13-15-17-19-20-21-22-23-24-25-26-28-29-31-33-35-37-39-41-48(55)60-44-46(45-61-53-52(59)51(58)50(57)47(43-54)63-53)62-49(56)42-40-38-36-34-32-30-27-18-16-14-12-10-8-6-4-2/h10,12,46-47,50-54,57-59H,3-9,11,13-45H2,1-2H3/b12-10+/t46-,47-,50+,51?,52?,53-/m0/s1. The summed E-state index contributed by atoms with van der Waals surface area (Å²) in [4.78, 5) is 25.5. The van der Waals surface area contributed by atoms with Crippen molar-refractivity contribution in [3.05, 3.63) is 12.2 Å². The third kappa shape index (κ3) is 35.3. The molecular formula is C53H100O10. The minimum absolute atomic E-state index is 0.212. The second-order valence-corrected chi connectivity index (χ2v) is 18.7. The van der Waals surface area contributed by atoms with Gasteiger partial charge in [0, 0.05) is 12.8 Å². The zero-order valence-electron chi connectivity index (χ0n) is 40.8. The lowest BCUT2D eigenvalue weighted by atomic mass is 9.99. The monoisotopic (exact) mass is 897 g/mol. The van der Waals surface area contributed by atoms with E-state index in [2.05, 4.69) is 26.0 Å². The maximum Gasteiger partial charge on any atom is 0.306 e. The third-order valence-corrected chi connectivity index (χ3v) is 12.7. The van der Waals surface area contributed by atoms with Gasteiger partial charge in [-0.3, -0.25) is 9.59 Å². The molecule has 1 saturated heterocycles. The molecule has 0 spiro atoms. The molecule has 0 aromatic rings. The Kier molecular flexibility index (Phi) is 41.8. The molecule has 63 heavy (non-hydrogen) atoms. The first-order valence-electron chi connectivity index (χ1n) is 26.8. The predicted molar refractivity (Wildman–Crippen MR) is 256 cm³/mol. The molecule has 0 aromatic carbocycles. The highest BCUT2D eigenvalue weighted by molar-refractivity contribution is 5.70. The van der Waals surface area contributed by atoms with E-state index < -0.39 is 49.4 Å². The SMILES string of the molecule is CCCC/C=C/CCCCCCCCCCCC(=O)O[C@@H](COC(=O)CCCCCCCCCCCCCCCCCCCCCCCCC)CO[C@H]1O[C@@H](CO)[C@@H](O)C(O)C1O. The molecule has 0 radical (unpaired) electrons. The number of rotatable bonds is 46. The van der Waals surface area contributed by atoms with Crippen molar-refractivity contribution in [2.45, 2.75) is 295 Å². The van der Waals surface area contributed by atoms with Crippen LogP contribution in [-0.2, 0) is 28.5 Å². The molecule has 6 atom stereocenters. The van der Waals surface area contributed by atoms with Crippen LogP contribution < -0.4 is 0 Å². The predicted octanol–water partition coefficient (Wildman–Crippen LogP) is 12.7. The maximum atomic E-state index is 12.8. The average Bonchev–Trinajstić information content (AvgIpc) is 3.28. The van der Waals surface area contributed by atoms with Crippen LogP contribution in [-0.4, -0.2) is 89.0 Å². The normalized spacial score (nSPS) is 19.5. The molecule has 0 saturated carbocycles. The van der Waals surface area contributed by atoms with Crippen molar-refractivity contribution in [2.24, 2.45) is 0 Å². The van der Waals surface area contributed by atoms with Crippen LogP contribution >= 0.6 is 0 Å². The van der Waals surface area contributed by atoms with E-state index in [-0.39, 0.29) is 32.0 Å². The largest absolute Gasteiger partial charge is 0.462 e. The fourth-order valence-electron chi connectivity index (χ4n) is 8.41. The lowest BCUT2D eigenvalue weighted by Crippen LogP contribution is -2.59. The van der Waals surface area contributed by atoms with Gasteiger partial charge >= 0.3 is 11.9 Å². The minimum Gasteiger partial charge on any atom is -0.462 e. The van der Waals surface area contributed by atoms with E-state index in [0.29, 0.717) is 6.42 Å². The van der Waals surface area contributed by atoms with E-state index in [4.69, 9.17) is 18.9 Å². The van der Waals surface area contributed by atoms with Gasteiger partial charge in [0.05, 0.1) is 13.2 Å². The van der Waals surface area contributed by atoms with Crippen molar-refractivity contribution in [2.75, 3.05) is 19.8 Å². The van der Waals surface area contributed by atoms with Gasteiger partial charge in [0.15, 0.2) is 12.4 Å². The summed E-state index contributed by atoms with van der Waals surface area (Å²) in [6.45, 7) is 3.44. The molecule has 1 aliphatic rings. The Morgan fingerprint density at radius 3 is 1.29 bits per heavy atom. The zero-order valence-corrected chi connectivity index (χ0v) is 40.8. The molecule has 4 N–H and O–H groups in total. The van der Waals surface area contributed by atoms with E-state index in [1.807, 2.05) is 0 Å². The van der Waals surface area contributed by atoms with E-state index in [1.165, 1.54) is 186 Å². The topological polar surface area (TPSA) is 152 Å². The van der Waals surface area contributed by atoms with Crippen LogP contribution in [0.4, 0.5) is 0 Å². The van der Waals surface area contributed by atoms with E-state index in [0.717, 1.165) is 38.5 Å². The van der Waals surface area contributed by atoms with Crippen LogP contribution in [0, 0.1) is 0 Å². The minimum atomic E-state index is -1.59. The molecule has 1 heterocycles. The smallest absolute Gasteiger partial charge is 0.306 e. The highest BCUT2D eigenvalue weighted by atomic mass is 16.7. The van der Waals surface area contributed by atoms with Gasteiger partial charge in [0.25, 0.3) is 0 Å². The Balaban J connectivity index is 2.20. The Morgan fingerprint density at radius 1 is 0.476 bits per heavy atom. The van der Waals surface area contributed by atoms with Crippen LogP contribution in [0.2, 0.25) is 0 Å². The zero-order chi connectivity index (χ0) is 45.9. The van der Waals surface area contributed by atoms with Gasteiger partial charge in [-0.2, -0.15) is 0 Å². The number of hydrogen-bond donors (Lipinski definition) is 4. The van der Waals surface area contributed by atoms with Crippen molar-refractivity contribution in [3.8, 4) is 0 Å². The summed E-state index contributed by atoms with van der Waals surface area (Å²) < 4.78 is 22.3. The van der Waals surface area contributed by atoms with Gasteiger partial charge < -0.3 is 39.4 Å². The van der Waals surface area contributed by atoms with Crippen molar-refractivity contribution >= 4 is 11.9 Å². The van der Waals surface area contributed by atoms with Gasteiger partial charge in [-0.15, -0.1) is 0 Å². The number of carbonyl (C=O) groups is 2. The van der Waals surface area contributed by atoms with E-state index in [9.17, 15) is 30.0 Å². The molecule has 10 nitrogen and oxygen atoms in total. The summed E-state index contributed by atoms with van der Waals surface area (Å²) in [6, 6.07) is 0. The van der Waals surface area contributed by atoms with Gasteiger partial charge in [-0.1, -0.05) is 225 Å². The van der Waals surface area contributed by atoms with Gasteiger partial charge in [-0.05, 0) is 32.1 Å². The summed E-state index contributed by atoms with van der Waals surface area (Å²) in [5.74, 6) is -0.793. The Bertz CT molecular complexity index is 1040. The Morgan fingerprint density at radius 2 is 0.857 bits per heavy atom. The highest BCUT2D eigenvalue weighted by Gasteiger charge is 2.44. The molecule has 1 rings (SSSR count). The molecule has 1 fully saturated rings. The molecule has 1 aliphatic heterocycles. The van der Waals surface area contributed by atoms with Crippen LogP contribution in [0.15, 0.2) is 12.2 Å². The number of aliphatic hydroxyl groups excluding tert-OH is 4. The molecule has 10 heteroatoms. The number of esters is 2. The van der Waals surface area contributed by atoms with Crippen LogP contribution in [0.5, 0.6) is 0 Å². The molecule has 0 aliphatic carbocycles. The Labute approximate surface area is 386 Å². The number of unbranched alkanes of at least 4 members (excludes halogenated alkanes) is 33. The van der Waals surface area contributed by atoms with Crippen molar-refractivity contribution < 1.29 is 49.0 Å². The summed E-state index contributed by atoms with van der Waals surface area (Å²) in [5, 5.41) is 40.2. The summed E-state index contributed by atoms with van der Waals surface area (Å²) in [7, 11) is 0. The first-order valence-corrected chi connectivity index (χ1v) is 26.8. The molecule has 0 amide bonds. The van der Waals surface area contributed by atoms with Crippen molar-refractivity contribution in [3.63, 3.8) is 0 Å². The Hall–Kier alpha value is -1.56. The number of carbonyl (C=O) groups excluding carboxylic acids is 2. The number of ether oxygens (including phenoxy) is 4. The first-order chi connectivity index (χ1) is 30.8. The lowest BCUT2D eigenvalue weighted by molar-refractivity contribution is -0.305. The molecular weight excluding hydrogens is 797 g/mol. The highest BCUT2D eigenvalue weighted by Crippen LogP contribution is 2.23. The fraction of sp³-hybridized carbons (Fsp3) is 0.925. The second kappa shape index (κ2) is 44.3. The third-order valence-electron chi connectivity index (χ3n) is 12.7. The fourth-order valence-corrected chi connectivity index (χ4v) is 8.41. The molecule has 2 unspecified atom stereocenters. The lowest BCUT2D eigenvalue weighted by Gasteiger charge is -2.39. The molecule has 0 bridgehead atoms. The first kappa shape index (κ1) is 59.5. The quantitative estimate of drug-likeness (QED) is 0.0264. The second-order valence-electron chi connectivity index (χ2n) is 18.7. The van der Waals surface area contributed by atoms with Gasteiger partial charge in [0.1, 0.15) is 31.0 Å². The maximum absolute atomic E-state index is 12.8. The summed E-state index contributed by atoms with van der Waals surface area (Å²) >= 11 is 0. The van der Waals surface area contributed by atoms with Crippen molar-refractivity contribution in [1.82, 2.24) is 0 Å². The summed E-state index contributed by atoms with van der Waals surface area (Å²) in [6.07, 6.45) is 42.3. The number of aliphatic hydroxyl groups is 4. The van der Waals surface area contributed by atoms with Crippen LogP contribution in [0.1, 0.15) is 258 Å².